The second-order valence-corrected chi connectivity index (χ2v) is 6.19. The van der Waals surface area contributed by atoms with Crippen LogP contribution in [0.5, 0.6) is 0 Å². The van der Waals surface area contributed by atoms with Crippen LogP contribution in [0.1, 0.15) is 44.1 Å². The van der Waals surface area contributed by atoms with Gasteiger partial charge in [0.25, 0.3) is 5.91 Å². The molecule has 1 unspecified atom stereocenters. The number of fused-ring (bicyclic) bond motifs is 1. The van der Waals surface area contributed by atoms with Crippen LogP contribution >= 0.6 is 0 Å². The summed E-state index contributed by atoms with van der Waals surface area (Å²) in [4.78, 5) is 26.4. The summed E-state index contributed by atoms with van der Waals surface area (Å²) < 4.78 is 0. The Kier molecular flexibility index (Phi) is 3.91. The Balaban J connectivity index is 2.00. The molecule has 2 aliphatic rings. The van der Waals surface area contributed by atoms with E-state index in [1.807, 2.05) is 12.1 Å². The molecule has 1 aromatic carbocycles. The van der Waals surface area contributed by atoms with Crippen LogP contribution in [-0.4, -0.2) is 30.0 Å². The molecule has 1 aliphatic carbocycles. The molecule has 1 aromatic rings. The van der Waals surface area contributed by atoms with Crippen LogP contribution < -0.4 is 10.2 Å². The van der Waals surface area contributed by atoms with Crippen LogP contribution in [0.2, 0.25) is 0 Å². The molecule has 1 saturated carbocycles. The molecule has 1 aliphatic heterocycles. The smallest absolute Gasteiger partial charge is 0.264 e. The van der Waals surface area contributed by atoms with Gasteiger partial charge in [-0.1, -0.05) is 37.5 Å². The molecule has 0 aromatic heterocycles. The average molecular weight is 302 g/mol. The summed E-state index contributed by atoms with van der Waals surface area (Å²) in [6, 6.07) is 7.41. The van der Waals surface area contributed by atoms with Gasteiger partial charge in [-0.15, -0.1) is 0 Å². The van der Waals surface area contributed by atoms with Gasteiger partial charge < -0.3 is 15.3 Å². The summed E-state index contributed by atoms with van der Waals surface area (Å²) in [5.41, 5.74) is -0.436. The fourth-order valence-corrected chi connectivity index (χ4v) is 3.65. The van der Waals surface area contributed by atoms with Crippen molar-refractivity contribution < 1.29 is 14.7 Å². The van der Waals surface area contributed by atoms with Gasteiger partial charge in [-0.3, -0.25) is 9.59 Å². The van der Waals surface area contributed by atoms with Gasteiger partial charge in [0.05, 0.1) is 12.1 Å². The maximum Gasteiger partial charge on any atom is 0.264 e. The second kappa shape index (κ2) is 5.72. The highest BCUT2D eigenvalue weighted by atomic mass is 16.3. The van der Waals surface area contributed by atoms with E-state index < -0.39 is 5.60 Å². The molecule has 0 radical (unpaired) electrons. The molecule has 1 atom stereocenters. The third kappa shape index (κ3) is 2.29. The minimum Gasteiger partial charge on any atom is -0.375 e. The highest BCUT2D eigenvalue weighted by molar-refractivity contribution is 6.09. The zero-order chi connectivity index (χ0) is 15.7. The van der Waals surface area contributed by atoms with Crippen LogP contribution in [-0.2, 0) is 15.2 Å². The summed E-state index contributed by atoms with van der Waals surface area (Å²) in [6.45, 7) is 0. The number of nitrogens with zero attached hydrogens (tertiary/aromatic N) is 1. The molecule has 118 valence electrons. The van der Waals surface area contributed by atoms with Gasteiger partial charge in [0.2, 0.25) is 5.91 Å². The zero-order valence-electron chi connectivity index (χ0n) is 12.8. The van der Waals surface area contributed by atoms with Crippen molar-refractivity contribution in [3.8, 4) is 0 Å². The van der Waals surface area contributed by atoms with Crippen molar-refractivity contribution in [2.45, 2.75) is 50.2 Å². The molecular weight excluding hydrogens is 280 g/mol. The number of amides is 2. The van der Waals surface area contributed by atoms with Crippen LogP contribution in [0.3, 0.4) is 0 Å². The van der Waals surface area contributed by atoms with Crippen molar-refractivity contribution >= 4 is 17.5 Å². The minimum absolute atomic E-state index is 0.126. The van der Waals surface area contributed by atoms with Crippen LogP contribution in [0.4, 0.5) is 5.69 Å². The third-order valence-electron chi connectivity index (χ3n) is 4.82. The van der Waals surface area contributed by atoms with Gasteiger partial charge in [-0.25, -0.2) is 0 Å². The highest BCUT2D eigenvalue weighted by Gasteiger charge is 2.52. The molecule has 5 nitrogen and oxygen atoms in total. The first-order chi connectivity index (χ1) is 10.6. The lowest BCUT2D eigenvalue weighted by Gasteiger charge is -2.32. The Morgan fingerprint density at radius 1 is 1.32 bits per heavy atom. The molecule has 22 heavy (non-hydrogen) atoms. The van der Waals surface area contributed by atoms with Gasteiger partial charge in [0.1, 0.15) is 0 Å². The van der Waals surface area contributed by atoms with Gasteiger partial charge in [-0.05, 0) is 18.9 Å². The van der Waals surface area contributed by atoms with Crippen molar-refractivity contribution in [1.29, 1.82) is 0 Å². The van der Waals surface area contributed by atoms with Crippen molar-refractivity contribution in [3.05, 3.63) is 29.8 Å². The number of anilines is 1. The Labute approximate surface area is 130 Å². The predicted molar refractivity (Wildman–Crippen MR) is 83.4 cm³/mol. The molecule has 2 N–H and O–H groups in total. The fourth-order valence-electron chi connectivity index (χ4n) is 3.65. The van der Waals surface area contributed by atoms with Crippen LogP contribution in [0, 0.1) is 0 Å². The average Bonchev–Trinajstić information content (AvgIpc) is 2.77. The lowest BCUT2D eigenvalue weighted by molar-refractivity contribution is -0.142. The van der Waals surface area contributed by atoms with E-state index in [-0.39, 0.29) is 24.3 Å². The summed E-state index contributed by atoms with van der Waals surface area (Å²) in [7, 11) is 1.51. The summed E-state index contributed by atoms with van der Waals surface area (Å²) in [5.74, 6) is -0.694. The van der Waals surface area contributed by atoms with Crippen molar-refractivity contribution in [3.63, 3.8) is 0 Å². The van der Waals surface area contributed by atoms with E-state index in [0.717, 1.165) is 31.4 Å². The number of carbonyl (C=O) groups excluding carboxylic acids is 2. The molecule has 1 fully saturated rings. The Hall–Kier alpha value is -1.88. The number of hydrogen-bond donors (Lipinski definition) is 2. The Morgan fingerprint density at radius 3 is 2.68 bits per heavy atom. The fraction of sp³-hybridized carbons (Fsp3) is 0.529. The van der Waals surface area contributed by atoms with Crippen LogP contribution in [0.25, 0.3) is 0 Å². The van der Waals surface area contributed by atoms with E-state index in [2.05, 4.69) is 5.32 Å². The molecule has 0 saturated heterocycles. The Bertz CT molecular complexity index is 595. The molecule has 0 bridgehead atoms. The number of nitrogens with one attached hydrogen (secondary N) is 1. The summed E-state index contributed by atoms with van der Waals surface area (Å²) in [6.07, 6.45) is 5.08. The third-order valence-corrected chi connectivity index (χ3v) is 4.82. The van der Waals surface area contributed by atoms with E-state index in [0.29, 0.717) is 5.56 Å². The minimum atomic E-state index is -1.74. The zero-order valence-corrected chi connectivity index (χ0v) is 12.8. The number of rotatable bonds is 3. The quantitative estimate of drug-likeness (QED) is 0.892. The number of benzene rings is 1. The second-order valence-electron chi connectivity index (χ2n) is 6.19. The molecule has 0 spiro atoms. The maximum atomic E-state index is 12.9. The molecule has 1 heterocycles. The predicted octanol–water partition coefficient (Wildman–Crippen LogP) is 1.69. The van der Waals surface area contributed by atoms with Crippen LogP contribution in [0.15, 0.2) is 24.3 Å². The molecule has 3 rings (SSSR count). The lowest BCUT2D eigenvalue weighted by Crippen LogP contribution is -2.47. The van der Waals surface area contributed by atoms with E-state index in [9.17, 15) is 14.7 Å². The van der Waals surface area contributed by atoms with E-state index >= 15 is 0 Å². The number of aliphatic hydroxyl groups is 1. The van der Waals surface area contributed by atoms with Gasteiger partial charge in [-0.2, -0.15) is 0 Å². The van der Waals surface area contributed by atoms with Crippen molar-refractivity contribution in [2.75, 3.05) is 11.9 Å². The molecule has 5 heteroatoms. The number of hydrogen-bond acceptors (Lipinski definition) is 3. The standard InChI is InChI=1S/C17H22N2O3/c1-18-15(20)11-17(22)13-9-5-6-10-14(13)19(16(17)21)12-7-3-2-4-8-12/h5-6,9-10,12,22H,2-4,7-8,11H2,1H3,(H,18,20). The molecular formula is C17H22N2O3. The van der Waals surface area contributed by atoms with Gasteiger partial charge in [0, 0.05) is 18.7 Å². The normalized spacial score (nSPS) is 25.2. The first-order valence-electron chi connectivity index (χ1n) is 7.94. The maximum absolute atomic E-state index is 12.9. The summed E-state index contributed by atoms with van der Waals surface area (Å²) >= 11 is 0. The van der Waals surface area contributed by atoms with E-state index in [1.54, 1.807) is 17.0 Å². The van der Waals surface area contributed by atoms with Crippen molar-refractivity contribution in [2.24, 2.45) is 0 Å². The Morgan fingerprint density at radius 2 is 2.00 bits per heavy atom. The number of para-hydroxylation sites is 1. The molecule has 2 amide bonds. The lowest BCUT2D eigenvalue weighted by atomic mass is 9.91. The van der Waals surface area contributed by atoms with E-state index in [4.69, 9.17) is 0 Å². The number of carbonyl (C=O) groups is 2. The highest BCUT2D eigenvalue weighted by Crippen LogP contribution is 2.45. The monoisotopic (exact) mass is 302 g/mol. The largest absolute Gasteiger partial charge is 0.375 e. The van der Waals surface area contributed by atoms with E-state index in [1.165, 1.54) is 13.5 Å². The SMILES string of the molecule is CNC(=O)CC1(O)C(=O)N(C2CCCCC2)c2ccccc21. The van der Waals surface area contributed by atoms with Gasteiger partial charge >= 0.3 is 0 Å². The first-order valence-corrected chi connectivity index (χ1v) is 7.94. The first kappa shape index (κ1) is 15.0. The van der Waals surface area contributed by atoms with Gasteiger partial charge in [0.15, 0.2) is 5.60 Å². The van der Waals surface area contributed by atoms with Crippen molar-refractivity contribution in [1.82, 2.24) is 5.32 Å². The summed E-state index contributed by atoms with van der Waals surface area (Å²) in [5, 5.41) is 13.5. The topological polar surface area (TPSA) is 69.6 Å².